The number of carboxylic acid groups (broad SMARTS) is 1. The number of hydrogen-bond acceptors (Lipinski definition) is 3. The van der Waals surface area contributed by atoms with Crippen molar-refractivity contribution in [1.82, 2.24) is 5.32 Å². The Balaban J connectivity index is 2.23. The molecule has 0 aliphatic rings. The van der Waals surface area contributed by atoms with Gasteiger partial charge in [-0.15, -0.1) is 0 Å². The lowest BCUT2D eigenvalue weighted by atomic mass is 9.95. The van der Waals surface area contributed by atoms with Crippen molar-refractivity contribution in [3.63, 3.8) is 0 Å². The Hall–Kier alpha value is -2.47. The van der Waals surface area contributed by atoms with Crippen molar-refractivity contribution in [3.8, 4) is 11.1 Å². The first-order valence-corrected chi connectivity index (χ1v) is 9.62. The van der Waals surface area contributed by atoms with Gasteiger partial charge in [0.25, 0.3) is 5.91 Å². The van der Waals surface area contributed by atoms with Crippen LogP contribution in [0.2, 0.25) is 0 Å². The largest absolute Gasteiger partial charge is 0.478 e. The number of aromatic carboxylic acids is 1. The summed E-state index contributed by atoms with van der Waals surface area (Å²) < 4.78 is 11.8. The maximum absolute atomic E-state index is 12.6. The number of rotatable bonds is 6. The summed E-state index contributed by atoms with van der Waals surface area (Å²) in [5.74, 6) is -0.994. The van der Waals surface area contributed by atoms with Gasteiger partial charge in [-0.1, -0.05) is 36.4 Å². The highest BCUT2D eigenvalue weighted by atomic mass is 32.2. The molecule has 2 N–H and O–H groups in total. The third kappa shape index (κ3) is 4.79. The molecule has 0 saturated heterocycles. The minimum atomic E-state index is -1.05. The molecular formula is C20H23NO4S. The molecule has 0 saturated carbocycles. The van der Waals surface area contributed by atoms with E-state index in [2.05, 4.69) is 5.32 Å². The third-order valence-corrected chi connectivity index (χ3v) is 5.82. The summed E-state index contributed by atoms with van der Waals surface area (Å²) in [5, 5.41) is 12.2. The average Bonchev–Trinajstić information content (AvgIpc) is 2.60. The fourth-order valence-electron chi connectivity index (χ4n) is 2.48. The molecule has 1 atom stereocenters. The predicted octanol–water partition coefficient (Wildman–Crippen LogP) is 3.33. The standard InChI is InChI=1S/C20H23NO4S/c1-20(2,3)26(25)13-12-21-18(22)16-10-6-4-8-14(16)15-9-5-7-11-17(15)19(23)24/h4-11H,12-13H2,1-3H3,(H,21,22)(H,23,24). The van der Waals surface area contributed by atoms with Crippen molar-refractivity contribution in [1.29, 1.82) is 0 Å². The lowest BCUT2D eigenvalue weighted by Crippen LogP contribution is -2.32. The van der Waals surface area contributed by atoms with Gasteiger partial charge in [0.05, 0.1) is 5.56 Å². The lowest BCUT2D eigenvalue weighted by Gasteiger charge is -2.18. The zero-order valence-electron chi connectivity index (χ0n) is 15.1. The van der Waals surface area contributed by atoms with Gasteiger partial charge in [-0.05, 0) is 44.0 Å². The van der Waals surface area contributed by atoms with Crippen LogP contribution in [0.3, 0.4) is 0 Å². The van der Waals surface area contributed by atoms with Crippen molar-refractivity contribution >= 4 is 22.7 Å². The molecule has 0 aliphatic heterocycles. The number of hydrogen-bond donors (Lipinski definition) is 2. The van der Waals surface area contributed by atoms with Gasteiger partial charge in [-0.3, -0.25) is 9.00 Å². The molecule has 0 heterocycles. The van der Waals surface area contributed by atoms with E-state index in [1.54, 1.807) is 42.5 Å². The second kappa shape index (κ2) is 8.27. The quantitative estimate of drug-likeness (QED) is 0.813. The van der Waals surface area contributed by atoms with Crippen LogP contribution in [-0.4, -0.2) is 38.2 Å². The Labute approximate surface area is 155 Å². The van der Waals surface area contributed by atoms with Gasteiger partial charge < -0.3 is 10.4 Å². The summed E-state index contributed by atoms with van der Waals surface area (Å²) >= 11 is 0. The van der Waals surface area contributed by atoms with Gasteiger partial charge >= 0.3 is 5.97 Å². The molecule has 2 aromatic carbocycles. The van der Waals surface area contributed by atoms with Gasteiger partial charge in [0.15, 0.2) is 0 Å². The Morgan fingerprint density at radius 2 is 1.46 bits per heavy atom. The minimum Gasteiger partial charge on any atom is -0.478 e. The molecule has 0 bridgehead atoms. The van der Waals surface area contributed by atoms with Gasteiger partial charge in [0.1, 0.15) is 0 Å². The Morgan fingerprint density at radius 3 is 2.00 bits per heavy atom. The van der Waals surface area contributed by atoms with Gasteiger partial charge in [-0.2, -0.15) is 0 Å². The fraction of sp³-hybridized carbons (Fsp3) is 0.300. The molecule has 1 unspecified atom stereocenters. The maximum Gasteiger partial charge on any atom is 0.336 e. The highest BCUT2D eigenvalue weighted by molar-refractivity contribution is 7.86. The van der Waals surface area contributed by atoms with Crippen LogP contribution in [0.5, 0.6) is 0 Å². The lowest BCUT2D eigenvalue weighted by molar-refractivity contribution is 0.0697. The summed E-state index contributed by atoms with van der Waals surface area (Å²) in [7, 11) is -1.05. The molecule has 6 heteroatoms. The smallest absolute Gasteiger partial charge is 0.336 e. The summed E-state index contributed by atoms with van der Waals surface area (Å²) in [6.45, 7) is 5.97. The van der Waals surface area contributed by atoms with Crippen LogP contribution in [0.25, 0.3) is 11.1 Å². The van der Waals surface area contributed by atoms with Crippen LogP contribution in [0.15, 0.2) is 48.5 Å². The average molecular weight is 373 g/mol. The molecule has 5 nitrogen and oxygen atoms in total. The monoisotopic (exact) mass is 373 g/mol. The van der Waals surface area contributed by atoms with Crippen LogP contribution >= 0.6 is 0 Å². The van der Waals surface area contributed by atoms with Crippen molar-refractivity contribution in [2.75, 3.05) is 12.3 Å². The van der Waals surface area contributed by atoms with Crippen molar-refractivity contribution < 1.29 is 18.9 Å². The molecule has 0 radical (unpaired) electrons. The third-order valence-electron chi connectivity index (χ3n) is 3.88. The van der Waals surface area contributed by atoms with Gasteiger partial charge in [-0.25, -0.2) is 4.79 Å². The van der Waals surface area contributed by atoms with Crippen molar-refractivity contribution in [2.45, 2.75) is 25.5 Å². The van der Waals surface area contributed by atoms with Crippen LogP contribution in [0.4, 0.5) is 0 Å². The van der Waals surface area contributed by atoms with Crippen LogP contribution in [0.1, 0.15) is 41.5 Å². The SMILES string of the molecule is CC(C)(C)S(=O)CCNC(=O)c1ccccc1-c1ccccc1C(=O)O. The predicted molar refractivity (Wildman–Crippen MR) is 104 cm³/mol. The maximum atomic E-state index is 12.6. The van der Waals surface area contributed by atoms with E-state index in [1.165, 1.54) is 6.07 Å². The Bertz CT molecular complexity index is 840. The first-order valence-electron chi connectivity index (χ1n) is 8.30. The summed E-state index contributed by atoms with van der Waals surface area (Å²) in [6, 6.07) is 13.5. The second-order valence-electron chi connectivity index (χ2n) is 6.81. The summed E-state index contributed by atoms with van der Waals surface area (Å²) in [5.41, 5.74) is 1.58. The van der Waals surface area contributed by atoms with E-state index in [-0.39, 0.29) is 22.8 Å². The molecular weight excluding hydrogens is 350 g/mol. The van der Waals surface area contributed by atoms with Crippen molar-refractivity contribution in [3.05, 3.63) is 59.7 Å². The summed E-state index contributed by atoms with van der Waals surface area (Å²) in [6.07, 6.45) is 0. The number of benzene rings is 2. The topological polar surface area (TPSA) is 83.5 Å². The molecule has 2 aromatic rings. The van der Waals surface area contributed by atoms with E-state index >= 15 is 0 Å². The fourth-order valence-corrected chi connectivity index (χ4v) is 3.38. The molecule has 0 spiro atoms. The van der Waals surface area contributed by atoms with E-state index in [0.717, 1.165) is 0 Å². The Morgan fingerprint density at radius 1 is 0.962 bits per heavy atom. The number of carboxylic acids is 1. The van der Waals surface area contributed by atoms with Crippen LogP contribution in [0, 0.1) is 0 Å². The van der Waals surface area contributed by atoms with Gasteiger partial charge in [0.2, 0.25) is 0 Å². The molecule has 2 rings (SSSR count). The number of amides is 1. The number of carbonyl (C=O) groups excluding carboxylic acids is 1. The first kappa shape index (κ1) is 19.8. The summed E-state index contributed by atoms with van der Waals surface area (Å²) in [4.78, 5) is 24.1. The zero-order chi connectivity index (χ0) is 19.3. The second-order valence-corrected chi connectivity index (χ2v) is 9.14. The van der Waals surface area contributed by atoms with Crippen molar-refractivity contribution in [2.24, 2.45) is 0 Å². The van der Waals surface area contributed by atoms with Gasteiger partial charge in [0, 0.05) is 33.4 Å². The van der Waals surface area contributed by atoms with E-state index < -0.39 is 16.8 Å². The number of carbonyl (C=O) groups is 2. The van der Waals surface area contributed by atoms with Crippen LogP contribution in [-0.2, 0) is 10.8 Å². The molecule has 0 aliphatic carbocycles. The number of nitrogens with one attached hydrogen (secondary N) is 1. The highest BCUT2D eigenvalue weighted by Gasteiger charge is 2.20. The van der Waals surface area contributed by atoms with Crippen LogP contribution < -0.4 is 5.32 Å². The normalized spacial score (nSPS) is 12.4. The van der Waals surface area contributed by atoms with E-state index in [4.69, 9.17) is 0 Å². The molecule has 138 valence electrons. The highest BCUT2D eigenvalue weighted by Crippen LogP contribution is 2.27. The van der Waals surface area contributed by atoms with E-state index in [1.807, 2.05) is 20.8 Å². The van der Waals surface area contributed by atoms with E-state index in [0.29, 0.717) is 22.4 Å². The Kier molecular flexibility index (Phi) is 6.32. The van der Waals surface area contributed by atoms with E-state index in [9.17, 15) is 18.9 Å². The molecule has 0 fully saturated rings. The molecule has 26 heavy (non-hydrogen) atoms. The minimum absolute atomic E-state index is 0.140. The molecule has 1 amide bonds. The zero-order valence-corrected chi connectivity index (χ0v) is 15.9. The molecule has 0 aromatic heterocycles. The first-order chi connectivity index (χ1) is 12.2.